The Morgan fingerprint density at radius 3 is 2.46 bits per heavy atom. The summed E-state index contributed by atoms with van der Waals surface area (Å²) in [6.07, 6.45) is 5.91. The van der Waals surface area contributed by atoms with Gasteiger partial charge in [-0.1, -0.05) is 49.4 Å². The van der Waals surface area contributed by atoms with Crippen molar-refractivity contribution in [3.63, 3.8) is 0 Å². The number of aryl methyl sites for hydroxylation is 2. The van der Waals surface area contributed by atoms with E-state index in [0.29, 0.717) is 18.2 Å². The molecule has 0 radical (unpaired) electrons. The number of benzene rings is 3. The fourth-order valence-electron chi connectivity index (χ4n) is 4.84. The number of hydrogen-bond donors (Lipinski definition) is 1. The van der Waals surface area contributed by atoms with Gasteiger partial charge in [0.15, 0.2) is 0 Å². The molecule has 2 aromatic heterocycles. The molecule has 2 heterocycles. The van der Waals surface area contributed by atoms with Crippen LogP contribution >= 0.6 is 0 Å². The molecule has 5 rings (SSSR count). The van der Waals surface area contributed by atoms with Crippen LogP contribution in [0, 0.1) is 6.92 Å². The lowest BCUT2D eigenvalue weighted by Crippen LogP contribution is -2.05. The van der Waals surface area contributed by atoms with Crippen molar-refractivity contribution in [3.05, 3.63) is 95.7 Å². The Balaban J connectivity index is 1.54. The Hall–Kier alpha value is -4.19. The first-order chi connectivity index (χ1) is 17.9. The highest BCUT2D eigenvalue weighted by molar-refractivity contribution is 5.96. The first kappa shape index (κ1) is 24.5. The van der Waals surface area contributed by atoms with Crippen molar-refractivity contribution in [1.29, 1.82) is 0 Å². The standard InChI is InChI=1S/C31H32N4O2/c1-5-8-29-33-30-21(4)15-24(27-18-34(19-32-27)20(2)3)16-28(30)35(29)17-22-11-13-23(14-12-22)25-9-6-7-10-26(25)31(36)37/h6-7,9-16,18-20H,5,8,17H2,1-4H3,(H,36,37). The third-order valence-corrected chi connectivity index (χ3v) is 6.85. The van der Waals surface area contributed by atoms with Crippen molar-refractivity contribution < 1.29 is 9.90 Å². The second-order valence-electron chi connectivity index (χ2n) is 9.87. The first-order valence-electron chi connectivity index (χ1n) is 12.8. The lowest BCUT2D eigenvalue weighted by molar-refractivity contribution is 0.0697. The molecule has 0 aliphatic carbocycles. The van der Waals surface area contributed by atoms with Gasteiger partial charge in [-0.05, 0) is 67.6 Å². The molecule has 188 valence electrons. The van der Waals surface area contributed by atoms with Gasteiger partial charge >= 0.3 is 5.97 Å². The normalized spacial score (nSPS) is 11.5. The molecule has 1 N–H and O–H groups in total. The lowest BCUT2D eigenvalue weighted by Gasteiger charge is -2.12. The minimum atomic E-state index is -0.918. The highest BCUT2D eigenvalue weighted by atomic mass is 16.4. The van der Waals surface area contributed by atoms with Gasteiger partial charge in [0.2, 0.25) is 0 Å². The van der Waals surface area contributed by atoms with E-state index in [9.17, 15) is 9.90 Å². The number of nitrogens with zero attached hydrogens (tertiary/aromatic N) is 4. The van der Waals surface area contributed by atoms with E-state index in [4.69, 9.17) is 4.98 Å². The zero-order valence-electron chi connectivity index (χ0n) is 21.8. The minimum Gasteiger partial charge on any atom is -0.478 e. The van der Waals surface area contributed by atoms with Crippen LogP contribution in [0.15, 0.2) is 73.2 Å². The topological polar surface area (TPSA) is 72.9 Å². The van der Waals surface area contributed by atoms with Gasteiger partial charge in [0.25, 0.3) is 0 Å². The number of aromatic carboxylic acids is 1. The zero-order valence-corrected chi connectivity index (χ0v) is 21.8. The molecule has 6 heteroatoms. The summed E-state index contributed by atoms with van der Waals surface area (Å²) >= 11 is 0. The third kappa shape index (κ3) is 4.79. The van der Waals surface area contributed by atoms with Gasteiger partial charge in [-0.2, -0.15) is 0 Å². The predicted molar refractivity (Wildman–Crippen MR) is 148 cm³/mol. The average molecular weight is 493 g/mol. The van der Waals surface area contributed by atoms with Gasteiger partial charge in [-0.25, -0.2) is 14.8 Å². The zero-order chi connectivity index (χ0) is 26.1. The van der Waals surface area contributed by atoms with Crippen LogP contribution in [0.3, 0.4) is 0 Å². The smallest absolute Gasteiger partial charge is 0.336 e. The van der Waals surface area contributed by atoms with Crippen LogP contribution in [-0.2, 0) is 13.0 Å². The number of hydrogen-bond acceptors (Lipinski definition) is 3. The summed E-state index contributed by atoms with van der Waals surface area (Å²) < 4.78 is 4.44. The molecule has 0 aliphatic rings. The maximum Gasteiger partial charge on any atom is 0.336 e. The Labute approximate surface area is 217 Å². The molecule has 0 aliphatic heterocycles. The summed E-state index contributed by atoms with van der Waals surface area (Å²) in [5, 5.41) is 9.57. The number of carboxylic acid groups (broad SMARTS) is 1. The van der Waals surface area contributed by atoms with Crippen molar-refractivity contribution in [3.8, 4) is 22.4 Å². The van der Waals surface area contributed by atoms with Crippen molar-refractivity contribution >= 4 is 17.0 Å². The van der Waals surface area contributed by atoms with E-state index in [2.05, 4.69) is 72.3 Å². The predicted octanol–water partition coefficient (Wildman–Crippen LogP) is 7.16. The van der Waals surface area contributed by atoms with Gasteiger partial charge in [0.05, 0.1) is 28.6 Å². The quantitative estimate of drug-likeness (QED) is 0.249. The highest BCUT2D eigenvalue weighted by Gasteiger charge is 2.16. The van der Waals surface area contributed by atoms with Crippen LogP contribution in [0.5, 0.6) is 0 Å². The van der Waals surface area contributed by atoms with Gasteiger partial charge < -0.3 is 14.2 Å². The summed E-state index contributed by atoms with van der Waals surface area (Å²) in [6, 6.07) is 20.0. The fraction of sp³-hybridized carbons (Fsp3) is 0.258. The molecule has 0 atom stereocenters. The lowest BCUT2D eigenvalue weighted by atomic mass is 9.98. The molecule has 0 saturated carbocycles. The maximum absolute atomic E-state index is 11.7. The SMILES string of the molecule is CCCc1nc2c(C)cc(-c3cn(C(C)C)cn3)cc2n1Cc1ccc(-c2ccccc2C(=O)O)cc1. The number of rotatable bonds is 8. The molecule has 0 amide bonds. The summed E-state index contributed by atoms with van der Waals surface area (Å²) in [6.45, 7) is 9.29. The monoisotopic (exact) mass is 492 g/mol. The van der Waals surface area contributed by atoms with E-state index >= 15 is 0 Å². The van der Waals surface area contributed by atoms with Crippen LogP contribution < -0.4 is 0 Å². The molecule has 3 aromatic carbocycles. The van der Waals surface area contributed by atoms with Crippen molar-refractivity contribution in [2.75, 3.05) is 0 Å². The highest BCUT2D eigenvalue weighted by Crippen LogP contribution is 2.30. The van der Waals surface area contributed by atoms with Gasteiger partial charge in [-0.3, -0.25) is 0 Å². The van der Waals surface area contributed by atoms with Gasteiger partial charge in [0, 0.05) is 30.8 Å². The van der Waals surface area contributed by atoms with Gasteiger partial charge in [-0.15, -0.1) is 0 Å². The Morgan fingerprint density at radius 2 is 1.78 bits per heavy atom. The molecule has 0 unspecified atom stereocenters. The van der Waals surface area contributed by atoms with Crippen LogP contribution in [0.1, 0.15) is 60.5 Å². The minimum absolute atomic E-state index is 0.309. The third-order valence-electron chi connectivity index (χ3n) is 6.85. The van der Waals surface area contributed by atoms with E-state index in [1.54, 1.807) is 12.1 Å². The maximum atomic E-state index is 11.7. The molecule has 0 bridgehead atoms. The van der Waals surface area contributed by atoms with Crippen LogP contribution in [0.4, 0.5) is 0 Å². The average Bonchev–Trinajstić information content (AvgIpc) is 3.51. The first-order valence-corrected chi connectivity index (χ1v) is 12.8. The Bertz CT molecular complexity index is 1580. The summed E-state index contributed by atoms with van der Waals surface area (Å²) in [5.41, 5.74) is 8.40. The number of imidazole rings is 2. The molecule has 6 nitrogen and oxygen atoms in total. The number of carboxylic acids is 1. The van der Waals surface area contributed by atoms with Gasteiger partial charge in [0.1, 0.15) is 5.82 Å². The van der Waals surface area contributed by atoms with E-state index in [0.717, 1.165) is 63.2 Å². The van der Waals surface area contributed by atoms with E-state index in [-0.39, 0.29) is 0 Å². The van der Waals surface area contributed by atoms with Crippen molar-refractivity contribution in [2.24, 2.45) is 0 Å². The molecule has 0 fully saturated rings. The van der Waals surface area contributed by atoms with Crippen molar-refractivity contribution in [2.45, 2.75) is 53.1 Å². The second kappa shape index (κ2) is 10.1. The van der Waals surface area contributed by atoms with E-state index in [1.807, 2.05) is 30.6 Å². The summed E-state index contributed by atoms with van der Waals surface area (Å²) in [4.78, 5) is 21.4. The molecule has 0 saturated heterocycles. The largest absolute Gasteiger partial charge is 0.478 e. The number of carbonyl (C=O) groups is 1. The Kier molecular flexibility index (Phi) is 6.66. The van der Waals surface area contributed by atoms with Crippen LogP contribution in [0.2, 0.25) is 0 Å². The summed E-state index contributed by atoms with van der Waals surface area (Å²) in [7, 11) is 0. The van der Waals surface area contributed by atoms with E-state index in [1.165, 1.54) is 0 Å². The van der Waals surface area contributed by atoms with Crippen LogP contribution in [-0.4, -0.2) is 30.2 Å². The second-order valence-corrected chi connectivity index (χ2v) is 9.87. The molecular formula is C31H32N4O2. The van der Waals surface area contributed by atoms with Crippen LogP contribution in [0.25, 0.3) is 33.4 Å². The fourth-order valence-corrected chi connectivity index (χ4v) is 4.84. The summed E-state index contributed by atoms with van der Waals surface area (Å²) in [5.74, 6) is 0.156. The molecule has 0 spiro atoms. The molecule has 5 aromatic rings. The van der Waals surface area contributed by atoms with Crippen molar-refractivity contribution in [1.82, 2.24) is 19.1 Å². The molecule has 37 heavy (non-hydrogen) atoms. The Morgan fingerprint density at radius 1 is 1.03 bits per heavy atom. The molecular weight excluding hydrogens is 460 g/mol. The van der Waals surface area contributed by atoms with E-state index < -0.39 is 5.97 Å². The number of aromatic nitrogens is 4. The number of fused-ring (bicyclic) bond motifs is 1.